The molecular weight excluding hydrogens is 189 g/mol. The minimum absolute atomic E-state index is 0.0486. The second kappa shape index (κ2) is 2.99. The number of aromatic nitrogens is 2. The molecule has 2 rings (SSSR count). The van der Waals surface area contributed by atoms with Gasteiger partial charge in [-0.05, 0) is 18.2 Å². The molecule has 1 heterocycles. The number of hydrogen-bond donors (Lipinski definition) is 2. The number of nitrogens with zero attached hydrogens (tertiary/aromatic N) is 1. The topological polar surface area (TPSA) is 84.9 Å². The van der Waals surface area contributed by atoms with Crippen molar-refractivity contribution in [1.29, 1.82) is 0 Å². The highest BCUT2D eigenvalue weighted by Gasteiger charge is 2.09. The number of halogens is 1. The first kappa shape index (κ1) is 8.49. The van der Waals surface area contributed by atoms with Crippen LogP contribution in [0.1, 0.15) is 0 Å². The number of nitrogen functional groups attached to an aromatic ring is 1. The Morgan fingerprint density at radius 3 is 2.86 bits per heavy atom. The first-order valence-electron chi connectivity index (χ1n) is 3.78. The van der Waals surface area contributed by atoms with Crippen molar-refractivity contribution >= 4 is 5.69 Å². The molecule has 0 unspecified atom stereocenters. The van der Waals surface area contributed by atoms with Crippen molar-refractivity contribution in [1.82, 2.24) is 10.1 Å². The number of anilines is 1. The molecule has 1 aromatic carbocycles. The maximum absolute atomic E-state index is 13.3. The number of hydrogen-bond acceptors (Lipinski definition) is 4. The summed E-state index contributed by atoms with van der Waals surface area (Å²) in [6, 6.07) is 4.06. The van der Waals surface area contributed by atoms with Gasteiger partial charge in [0.25, 0.3) is 0 Å². The first-order valence-corrected chi connectivity index (χ1v) is 3.78. The van der Waals surface area contributed by atoms with Gasteiger partial charge in [-0.2, -0.15) is 10.1 Å². The first-order chi connectivity index (χ1) is 6.66. The van der Waals surface area contributed by atoms with E-state index in [0.717, 1.165) is 6.07 Å². The highest BCUT2D eigenvalue weighted by atomic mass is 19.1. The third-order valence-electron chi connectivity index (χ3n) is 1.69. The summed E-state index contributed by atoms with van der Waals surface area (Å²) in [5.74, 6) is -1.31. The standard InChI is InChI=1S/C8H6FN3O2/c9-6-3-4(10)1-2-5(6)7-11-8(13)14-12-7/h1-3H,10H2,(H,11,12,13). The molecule has 0 fully saturated rings. The molecule has 6 heteroatoms. The Hall–Kier alpha value is -2.11. The fourth-order valence-corrected chi connectivity index (χ4v) is 1.07. The van der Waals surface area contributed by atoms with Gasteiger partial charge < -0.3 is 10.3 Å². The van der Waals surface area contributed by atoms with E-state index in [1.807, 2.05) is 0 Å². The van der Waals surface area contributed by atoms with Crippen molar-refractivity contribution in [3.8, 4) is 11.4 Å². The molecular formula is C8H6FN3O2. The summed E-state index contributed by atoms with van der Waals surface area (Å²) in [4.78, 5) is 14.0. The normalized spacial score (nSPS) is 10.4. The van der Waals surface area contributed by atoms with E-state index in [2.05, 4.69) is 14.7 Å². The van der Waals surface area contributed by atoms with Crippen LogP contribution in [0.4, 0.5) is 10.1 Å². The molecule has 1 aromatic heterocycles. The van der Waals surface area contributed by atoms with Crippen LogP contribution in [0, 0.1) is 5.82 Å². The Morgan fingerprint density at radius 2 is 2.29 bits per heavy atom. The summed E-state index contributed by atoms with van der Waals surface area (Å²) < 4.78 is 17.6. The van der Waals surface area contributed by atoms with Crippen molar-refractivity contribution in [3.05, 3.63) is 34.6 Å². The molecule has 2 aromatic rings. The lowest BCUT2D eigenvalue weighted by Gasteiger charge is -1.98. The van der Waals surface area contributed by atoms with Crippen LogP contribution in [-0.4, -0.2) is 10.1 Å². The average molecular weight is 195 g/mol. The van der Waals surface area contributed by atoms with Crippen LogP contribution in [0.3, 0.4) is 0 Å². The SMILES string of the molecule is Nc1ccc(-c2nc(=O)o[nH]2)c(F)c1. The van der Waals surface area contributed by atoms with Crippen molar-refractivity contribution in [2.75, 3.05) is 5.73 Å². The van der Waals surface area contributed by atoms with Gasteiger partial charge >= 0.3 is 5.76 Å². The Balaban J connectivity index is 2.57. The molecule has 0 spiro atoms. The van der Waals surface area contributed by atoms with Gasteiger partial charge in [0.2, 0.25) is 0 Å². The van der Waals surface area contributed by atoms with Crippen molar-refractivity contribution in [3.63, 3.8) is 0 Å². The summed E-state index contributed by atoms with van der Waals surface area (Å²) in [6.45, 7) is 0. The Morgan fingerprint density at radius 1 is 1.50 bits per heavy atom. The summed E-state index contributed by atoms with van der Waals surface area (Å²) in [6.07, 6.45) is 0. The van der Waals surface area contributed by atoms with E-state index in [1.54, 1.807) is 0 Å². The quantitative estimate of drug-likeness (QED) is 0.657. The molecule has 0 aliphatic heterocycles. The predicted octanol–water partition coefficient (Wildman–Crippen LogP) is 0.751. The summed E-state index contributed by atoms with van der Waals surface area (Å²) >= 11 is 0. The van der Waals surface area contributed by atoms with E-state index in [9.17, 15) is 9.18 Å². The second-order valence-electron chi connectivity index (χ2n) is 2.67. The fourth-order valence-electron chi connectivity index (χ4n) is 1.07. The molecule has 0 aliphatic carbocycles. The molecule has 0 aliphatic rings. The van der Waals surface area contributed by atoms with Crippen LogP contribution in [0.5, 0.6) is 0 Å². The number of aromatic amines is 1. The zero-order chi connectivity index (χ0) is 10.1. The van der Waals surface area contributed by atoms with Crippen LogP contribution in [0.2, 0.25) is 0 Å². The van der Waals surface area contributed by atoms with Gasteiger partial charge in [-0.3, -0.25) is 0 Å². The molecule has 0 amide bonds. The maximum Gasteiger partial charge on any atom is 0.460 e. The van der Waals surface area contributed by atoms with Crippen LogP contribution in [-0.2, 0) is 0 Å². The Bertz CT molecular complexity index is 517. The molecule has 0 radical (unpaired) electrons. The molecule has 0 saturated heterocycles. The van der Waals surface area contributed by atoms with E-state index in [0.29, 0.717) is 5.69 Å². The minimum Gasteiger partial charge on any atom is -0.399 e. The van der Waals surface area contributed by atoms with E-state index in [1.165, 1.54) is 12.1 Å². The molecule has 0 atom stereocenters. The smallest absolute Gasteiger partial charge is 0.399 e. The number of rotatable bonds is 1. The van der Waals surface area contributed by atoms with Gasteiger partial charge in [0, 0.05) is 5.69 Å². The fraction of sp³-hybridized carbons (Fsp3) is 0. The van der Waals surface area contributed by atoms with Crippen molar-refractivity contribution in [2.24, 2.45) is 0 Å². The van der Waals surface area contributed by atoms with E-state index >= 15 is 0 Å². The summed E-state index contributed by atoms with van der Waals surface area (Å²) in [5.41, 5.74) is 5.80. The summed E-state index contributed by atoms with van der Waals surface area (Å²) in [5, 5.41) is 2.20. The summed E-state index contributed by atoms with van der Waals surface area (Å²) in [7, 11) is 0. The maximum atomic E-state index is 13.3. The number of nitrogens with one attached hydrogen (secondary N) is 1. The number of nitrogens with two attached hydrogens (primary N) is 1. The van der Waals surface area contributed by atoms with Crippen LogP contribution in [0.25, 0.3) is 11.4 Å². The Labute approximate surface area is 77.3 Å². The van der Waals surface area contributed by atoms with Gasteiger partial charge in [-0.25, -0.2) is 9.18 Å². The van der Waals surface area contributed by atoms with Crippen LogP contribution >= 0.6 is 0 Å². The monoisotopic (exact) mass is 195 g/mol. The highest BCUT2D eigenvalue weighted by Crippen LogP contribution is 2.19. The van der Waals surface area contributed by atoms with Gasteiger partial charge in [-0.15, -0.1) is 0 Å². The molecule has 14 heavy (non-hydrogen) atoms. The van der Waals surface area contributed by atoms with E-state index < -0.39 is 11.6 Å². The lowest BCUT2D eigenvalue weighted by molar-refractivity contribution is 0.387. The highest BCUT2D eigenvalue weighted by molar-refractivity contribution is 5.58. The molecule has 72 valence electrons. The van der Waals surface area contributed by atoms with Gasteiger partial charge in [0.1, 0.15) is 5.82 Å². The minimum atomic E-state index is -0.795. The molecule has 0 bridgehead atoms. The Kier molecular flexibility index (Phi) is 1.81. The van der Waals surface area contributed by atoms with Gasteiger partial charge in [-0.1, -0.05) is 0 Å². The number of H-pyrrole nitrogens is 1. The van der Waals surface area contributed by atoms with Gasteiger partial charge in [0.15, 0.2) is 5.82 Å². The third-order valence-corrected chi connectivity index (χ3v) is 1.69. The van der Waals surface area contributed by atoms with Crippen molar-refractivity contribution < 1.29 is 8.91 Å². The van der Waals surface area contributed by atoms with E-state index in [4.69, 9.17) is 5.73 Å². The number of benzene rings is 1. The molecule has 0 saturated carbocycles. The predicted molar refractivity (Wildman–Crippen MR) is 46.9 cm³/mol. The third kappa shape index (κ3) is 1.37. The largest absolute Gasteiger partial charge is 0.460 e. The van der Waals surface area contributed by atoms with Crippen LogP contribution in [0.15, 0.2) is 27.5 Å². The zero-order valence-corrected chi connectivity index (χ0v) is 6.95. The zero-order valence-electron chi connectivity index (χ0n) is 6.95. The van der Waals surface area contributed by atoms with Gasteiger partial charge in [0.05, 0.1) is 5.56 Å². The lowest BCUT2D eigenvalue weighted by Crippen LogP contribution is -1.96. The lowest BCUT2D eigenvalue weighted by atomic mass is 10.2. The second-order valence-corrected chi connectivity index (χ2v) is 2.67. The van der Waals surface area contributed by atoms with Crippen molar-refractivity contribution in [2.45, 2.75) is 0 Å². The van der Waals surface area contributed by atoms with Crippen LogP contribution < -0.4 is 11.5 Å². The molecule has 5 nitrogen and oxygen atoms in total. The molecule has 3 N–H and O–H groups in total. The van der Waals surface area contributed by atoms with E-state index in [-0.39, 0.29) is 11.4 Å². The average Bonchev–Trinajstić information content (AvgIpc) is 2.51.